The zero-order valence-electron chi connectivity index (χ0n) is 11.5. The molecule has 0 aliphatic carbocycles. The number of aromatic nitrogens is 1. The molecule has 2 rings (SSSR count). The van der Waals surface area contributed by atoms with Crippen LogP contribution in [0.1, 0.15) is 13.8 Å². The Morgan fingerprint density at radius 3 is 2.68 bits per heavy atom. The molecule has 0 aliphatic heterocycles. The van der Waals surface area contributed by atoms with Crippen molar-refractivity contribution in [1.29, 1.82) is 0 Å². The minimum atomic E-state index is 0.559. The fraction of sp³-hybridized carbons (Fsp3) is 0.400. The zero-order valence-corrected chi connectivity index (χ0v) is 12.2. The molecule has 0 atom stereocenters. The highest BCUT2D eigenvalue weighted by molar-refractivity contribution is 6.34. The number of fused-ring (bicyclic) bond motifs is 1. The van der Waals surface area contributed by atoms with Gasteiger partial charge in [-0.1, -0.05) is 49.7 Å². The Balaban J connectivity index is 2.05. The van der Waals surface area contributed by atoms with Gasteiger partial charge < -0.3 is 10.2 Å². The van der Waals surface area contributed by atoms with Gasteiger partial charge in [0.25, 0.3) is 0 Å². The molecule has 3 nitrogen and oxygen atoms in total. The van der Waals surface area contributed by atoms with E-state index >= 15 is 0 Å². The topological polar surface area (TPSA) is 28.2 Å². The average molecular weight is 278 g/mol. The summed E-state index contributed by atoms with van der Waals surface area (Å²) in [4.78, 5) is 6.76. The maximum atomic E-state index is 6.20. The predicted molar refractivity (Wildman–Crippen MR) is 83.0 cm³/mol. The number of hydrogen-bond donors (Lipinski definition) is 1. The van der Waals surface area contributed by atoms with Crippen LogP contribution in [-0.2, 0) is 0 Å². The highest BCUT2D eigenvalue weighted by atomic mass is 35.5. The van der Waals surface area contributed by atoms with Crippen molar-refractivity contribution in [2.45, 2.75) is 13.8 Å². The normalized spacial score (nSPS) is 11.2. The van der Waals surface area contributed by atoms with Crippen LogP contribution in [0.3, 0.4) is 0 Å². The van der Waals surface area contributed by atoms with E-state index in [2.05, 4.69) is 35.1 Å². The van der Waals surface area contributed by atoms with Crippen LogP contribution >= 0.6 is 11.6 Å². The summed E-state index contributed by atoms with van der Waals surface area (Å²) in [5.41, 5.74) is 0. The molecule has 102 valence electrons. The number of benzene rings is 1. The molecule has 4 heteroatoms. The Labute approximate surface area is 119 Å². The SMILES string of the molecule is CCN(CC)CCNc1cc2ccccc2c(Cl)n1. The van der Waals surface area contributed by atoms with E-state index < -0.39 is 0 Å². The predicted octanol–water partition coefficient (Wildman–Crippen LogP) is 3.64. The number of nitrogens with one attached hydrogen (secondary N) is 1. The molecule has 1 heterocycles. The number of nitrogens with zero attached hydrogens (tertiary/aromatic N) is 2. The van der Waals surface area contributed by atoms with Gasteiger partial charge in [-0.2, -0.15) is 0 Å². The molecule has 1 N–H and O–H groups in total. The van der Waals surface area contributed by atoms with Crippen molar-refractivity contribution in [3.05, 3.63) is 35.5 Å². The molecule has 0 unspecified atom stereocenters. The number of likely N-dealkylation sites (N-methyl/N-ethyl adjacent to an activating group) is 1. The second kappa shape index (κ2) is 6.73. The Bertz CT molecular complexity index is 538. The lowest BCUT2D eigenvalue weighted by molar-refractivity contribution is 0.316. The Hall–Kier alpha value is -1.32. The summed E-state index contributed by atoms with van der Waals surface area (Å²) >= 11 is 6.20. The van der Waals surface area contributed by atoms with E-state index in [1.165, 1.54) is 0 Å². The molecule has 0 bridgehead atoms. The van der Waals surface area contributed by atoms with E-state index in [4.69, 9.17) is 11.6 Å². The third-order valence-electron chi connectivity index (χ3n) is 3.32. The number of anilines is 1. The summed E-state index contributed by atoms with van der Waals surface area (Å²) in [7, 11) is 0. The first-order valence-electron chi connectivity index (χ1n) is 6.76. The summed E-state index contributed by atoms with van der Waals surface area (Å²) in [5, 5.41) is 6.02. The van der Waals surface area contributed by atoms with E-state index in [-0.39, 0.29) is 0 Å². The monoisotopic (exact) mass is 277 g/mol. The molecule has 0 aliphatic rings. The van der Waals surface area contributed by atoms with Crippen LogP contribution in [0.5, 0.6) is 0 Å². The second-order valence-electron chi connectivity index (χ2n) is 4.47. The molecule has 0 spiro atoms. The fourth-order valence-electron chi connectivity index (χ4n) is 2.13. The molecule has 0 saturated carbocycles. The molecule has 19 heavy (non-hydrogen) atoms. The van der Waals surface area contributed by atoms with E-state index in [1.54, 1.807) is 0 Å². The summed E-state index contributed by atoms with van der Waals surface area (Å²) in [6.45, 7) is 8.39. The van der Waals surface area contributed by atoms with Gasteiger partial charge in [0.1, 0.15) is 11.0 Å². The first-order valence-corrected chi connectivity index (χ1v) is 7.14. The van der Waals surface area contributed by atoms with Crippen LogP contribution in [0, 0.1) is 0 Å². The van der Waals surface area contributed by atoms with Crippen LogP contribution in [0.4, 0.5) is 5.82 Å². The van der Waals surface area contributed by atoms with Gasteiger partial charge in [-0.25, -0.2) is 4.98 Å². The number of rotatable bonds is 6. The quantitative estimate of drug-likeness (QED) is 0.817. The molecule has 0 radical (unpaired) electrons. The van der Waals surface area contributed by atoms with Crippen molar-refractivity contribution in [3.8, 4) is 0 Å². The molecule has 0 amide bonds. The van der Waals surface area contributed by atoms with Gasteiger partial charge in [-0.3, -0.25) is 0 Å². The number of pyridine rings is 1. The van der Waals surface area contributed by atoms with Gasteiger partial charge in [0.15, 0.2) is 0 Å². The lowest BCUT2D eigenvalue weighted by Crippen LogP contribution is -2.28. The molecule has 0 saturated heterocycles. The maximum absolute atomic E-state index is 6.20. The zero-order chi connectivity index (χ0) is 13.7. The van der Waals surface area contributed by atoms with Crippen molar-refractivity contribution in [1.82, 2.24) is 9.88 Å². The molecule has 1 aromatic carbocycles. The summed E-state index contributed by atoms with van der Waals surface area (Å²) < 4.78 is 0. The second-order valence-corrected chi connectivity index (χ2v) is 4.83. The standard InChI is InChI=1S/C15H20ClN3/c1-3-19(4-2)10-9-17-14-11-12-7-5-6-8-13(12)15(16)18-14/h5-8,11H,3-4,9-10H2,1-2H3,(H,17,18). The van der Waals surface area contributed by atoms with Gasteiger partial charge in [-0.05, 0) is 24.5 Å². The molecule has 2 aromatic rings. The van der Waals surface area contributed by atoms with Gasteiger partial charge in [0, 0.05) is 18.5 Å². The Morgan fingerprint density at radius 2 is 1.95 bits per heavy atom. The summed E-state index contributed by atoms with van der Waals surface area (Å²) in [5.74, 6) is 0.843. The smallest absolute Gasteiger partial charge is 0.139 e. The first-order chi connectivity index (χ1) is 9.24. The van der Waals surface area contributed by atoms with Crippen molar-refractivity contribution in [3.63, 3.8) is 0 Å². The van der Waals surface area contributed by atoms with Crippen molar-refractivity contribution >= 4 is 28.2 Å². The van der Waals surface area contributed by atoms with E-state index in [1.807, 2.05) is 24.3 Å². The highest BCUT2D eigenvalue weighted by Crippen LogP contribution is 2.24. The van der Waals surface area contributed by atoms with Crippen LogP contribution in [-0.4, -0.2) is 36.1 Å². The Morgan fingerprint density at radius 1 is 1.21 bits per heavy atom. The first kappa shape index (κ1) is 14.1. The van der Waals surface area contributed by atoms with Crippen LogP contribution in [0.25, 0.3) is 10.8 Å². The third-order valence-corrected chi connectivity index (χ3v) is 3.61. The summed E-state index contributed by atoms with van der Waals surface area (Å²) in [6.07, 6.45) is 0. The third kappa shape index (κ3) is 3.58. The van der Waals surface area contributed by atoms with E-state index in [0.29, 0.717) is 5.15 Å². The highest BCUT2D eigenvalue weighted by Gasteiger charge is 2.04. The van der Waals surface area contributed by atoms with Crippen LogP contribution in [0.2, 0.25) is 5.15 Å². The lowest BCUT2D eigenvalue weighted by Gasteiger charge is -2.18. The van der Waals surface area contributed by atoms with Crippen molar-refractivity contribution in [2.75, 3.05) is 31.5 Å². The van der Waals surface area contributed by atoms with Gasteiger partial charge >= 0.3 is 0 Å². The minimum Gasteiger partial charge on any atom is -0.369 e. The van der Waals surface area contributed by atoms with Crippen LogP contribution in [0.15, 0.2) is 30.3 Å². The van der Waals surface area contributed by atoms with E-state index in [9.17, 15) is 0 Å². The average Bonchev–Trinajstić information content (AvgIpc) is 2.44. The number of halogens is 1. The molecule has 1 aromatic heterocycles. The van der Waals surface area contributed by atoms with Gasteiger partial charge in [-0.15, -0.1) is 0 Å². The fourth-order valence-corrected chi connectivity index (χ4v) is 2.39. The molecule has 0 fully saturated rings. The maximum Gasteiger partial charge on any atom is 0.139 e. The van der Waals surface area contributed by atoms with Gasteiger partial charge in [0.05, 0.1) is 0 Å². The number of hydrogen-bond acceptors (Lipinski definition) is 3. The minimum absolute atomic E-state index is 0.559. The van der Waals surface area contributed by atoms with E-state index in [0.717, 1.165) is 42.8 Å². The molecular weight excluding hydrogens is 258 g/mol. The Kier molecular flexibility index (Phi) is 5.00. The lowest BCUT2D eigenvalue weighted by atomic mass is 10.2. The molecular formula is C15H20ClN3. The largest absolute Gasteiger partial charge is 0.369 e. The van der Waals surface area contributed by atoms with Crippen molar-refractivity contribution in [2.24, 2.45) is 0 Å². The van der Waals surface area contributed by atoms with Gasteiger partial charge in [0.2, 0.25) is 0 Å². The van der Waals surface area contributed by atoms with Crippen molar-refractivity contribution < 1.29 is 0 Å². The summed E-state index contributed by atoms with van der Waals surface area (Å²) in [6, 6.07) is 10.1. The van der Waals surface area contributed by atoms with Crippen LogP contribution < -0.4 is 5.32 Å².